The van der Waals surface area contributed by atoms with Gasteiger partial charge >= 0.3 is 6.03 Å². The second-order valence-electron chi connectivity index (χ2n) is 9.63. The fourth-order valence-electron chi connectivity index (χ4n) is 3.91. The van der Waals surface area contributed by atoms with Gasteiger partial charge in [-0.15, -0.1) is 0 Å². The Morgan fingerprint density at radius 3 is 2.09 bits per heavy atom. The van der Waals surface area contributed by atoms with Crippen molar-refractivity contribution in [1.29, 1.82) is 0 Å². The second-order valence-corrected chi connectivity index (χ2v) is 9.63. The summed E-state index contributed by atoms with van der Waals surface area (Å²) in [7, 11) is 1.76. The monoisotopic (exact) mass is 443 g/mol. The largest absolute Gasteiger partial charge is 0.343 e. The maximum Gasteiger partial charge on any atom is 0.321 e. The van der Waals surface area contributed by atoms with Gasteiger partial charge in [0, 0.05) is 44.4 Å². The molecule has 1 aliphatic heterocycles. The maximum atomic E-state index is 13.4. The van der Waals surface area contributed by atoms with E-state index >= 15 is 0 Å². The van der Waals surface area contributed by atoms with Crippen LogP contribution in [0.25, 0.3) is 11.1 Å². The Morgan fingerprint density at radius 2 is 1.56 bits per heavy atom. The number of anilines is 1. The molecular formula is C25H31F2N3O2. The Labute approximate surface area is 188 Å². The first-order valence-corrected chi connectivity index (χ1v) is 10.9. The molecule has 2 aromatic carbocycles. The summed E-state index contributed by atoms with van der Waals surface area (Å²) in [6, 6.07) is 10.0. The molecule has 1 saturated heterocycles. The van der Waals surface area contributed by atoms with Crippen molar-refractivity contribution in [2.24, 2.45) is 5.41 Å². The summed E-state index contributed by atoms with van der Waals surface area (Å²) in [6.45, 7) is 7.46. The first-order valence-electron chi connectivity index (χ1n) is 10.9. The highest BCUT2D eigenvalue weighted by Gasteiger charge is 2.29. The quantitative estimate of drug-likeness (QED) is 0.676. The number of urea groups is 1. The number of benzene rings is 2. The topological polar surface area (TPSA) is 52.7 Å². The maximum absolute atomic E-state index is 13.4. The third-order valence-electron chi connectivity index (χ3n) is 5.70. The van der Waals surface area contributed by atoms with E-state index in [1.165, 1.54) is 12.1 Å². The van der Waals surface area contributed by atoms with E-state index in [1.54, 1.807) is 36.2 Å². The number of carbonyl (C=O) groups is 2. The van der Waals surface area contributed by atoms with Gasteiger partial charge in [0.1, 0.15) is 11.6 Å². The third kappa shape index (κ3) is 6.28. The predicted octanol–water partition coefficient (Wildman–Crippen LogP) is 5.52. The molecule has 0 saturated carbocycles. The van der Waals surface area contributed by atoms with E-state index in [0.717, 1.165) is 18.9 Å². The van der Waals surface area contributed by atoms with Crippen molar-refractivity contribution in [3.8, 4) is 11.1 Å². The molecule has 1 heterocycles. The van der Waals surface area contributed by atoms with E-state index in [0.29, 0.717) is 36.3 Å². The van der Waals surface area contributed by atoms with Crippen LogP contribution in [0.2, 0.25) is 0 Å². The number of hydrogen-bond donors (Lipinski definition) is 1. The molecule has 0 unspecified atom stereocenters. The van der Waals surface area contributed by atoms with Gasteiger partial charge in [-0.25, -0.2) is 13.6 Å². The smallest absolute Gasteiger partial charge is 0.321 e. The summed E-state index contributed by atoms with van der Waals surface area (Å²) in [5.74, 6) is -1.10. The normalized spacial score (nSPS) is 14.9. The number of nitrogens with one attached hydrogen (secondary N) is 1. The van der Waals surface area contributed by atoms with Gasteiger partial charge in [-0.1, -0.05) is 32.9 Å². The second kappa shape index (κ2) is 9.67. The molecule has 2 aromatic rings. The van der Waals surface area contributed by atoms with Gasteiger partial charge < -0.3 is 15.1 Å². The minimum Gasteiger partial charge on any atom is -0.343 e. The lowest BCUT2D eigenvalue weighted by Crippen LogP contribution is -2.48. The van der Waals surface area contributed by atoms with Crippen molar-refractivity contribution >= 4 is 17.6 Å². The van der Waals surface area contributed by atoms with E-state index in [9.17, 15) is 18.4 Å². The number of likely N-dealkylation sites (tertiary alicyclic amines) is 1. The molecule has 1 aliphatic rings. The van der Waals surface area contributed by atoms with Crippen LogP contribution in [0.3, 0.4) is 0 Å². The van der Waals surface area contributed by atoms with E-state index in [4.69, 9.17) is 0 Å². The van der Waals surface area contributed by atoms with E-state index < -0.39 is 11.6 Å². The Hall–Kier alpha value is -2.96. The molecule has 3 rings (SSSR count). The van der Waals surface area contributed by atoms with E-state index in [-0.39, 0.29) is 23.4 Å². The standard InChI is InChI=1S/C25H31F2N3O2/c1-25(2,3)16-23(31)30-11-9-22(10-12-30)29(4)24(32)28-21-7-5-17(6-8-21)18-13-19(26)15-20(27)14-18/h5-8,13-15,22H,9-12,16H2,1-4H3,(H,28,32). The summed E-state index contributed by atoms with van der Waals surface area (Å²) in [5.41, 5.74) is 1.65. The predicted molar refractivity (Wildman–Crippen MR) is 122 cm³/mol. The molecule has 0 aromatic heterocycles. The zero-order chi connectivity index (χ0) is 23.5. The Balaban J connectivity index is 1.54. The van der Waals surface area contributed by atoms with Crippen LogP contribution in [0.4, 0.5) is 19.3 Å². The minimum atomic E-state index is -0.634. The summed E-state index contributed by atoms with van der Waals surface area (Å²) >= 11 is 0. The van der Waals surface area contributed by atoms with Crippen LogP contribution in [-0.2, 0) is 4.79 Å². The number of rotatable bonds is 4. The molecule has 0 radical (unpaired) electrons. The Kier molecular flexibility index (Phi) is 7.16. The van der Waals surface area contributed by atoms with Crippen molar-refractivity contribution in [1.82, 2.24) is 9.80 Å². The third-order valence-corrected chi connectivity index (χ3v) is 5.70. The molecule has 32 heavy (non-hydrogen) atoms. The first-order chi connectivity index (χ1) is 15.0. The van der Waals surface area contributed by atoms with Gasteiger partial charge in [-0.2, -0.15) is 0 Å². The van der Waals surface area contributed by atoms with Crippen molar-refractivity contribution in [2.45, 2.75) is 46.1 Å². The molecule has 1 fully saturated rings. The Bertz CT molecular complexity index is 942. The van der Waals surface area contributed by atoms with Gasteiger partial charge in [-0.05, 0) is 53.6 Å². The van der Waals surface area contributed by atoms with Crippen molar-refractivity contribution < 1.29 is 18.4 Å². The van der Waals surface area contributed by atoms with Gasteiger partial charge in [0.25, 0.3) is 0 Å². The first kappa shape index (κ1) is 23.7. The lowest BCUT2D eigenvalue weighted by Gasteiger charge is -2.37. The van der Waals surface area contributed by atoms with Gasteiger partial charge in [0.2, 0.25) is 5.91 Å². The summed E-state index contributed by atoms with van der Waals surface area (Å²) in [5, 5.41) is 2.86. The molecule has 0 aliphatic carbocycles. The SMILES string of the molecule is CN(C(=O)Nc1ccc(-c2cc(F)cc(F)c2)cc1)C1CCN(C(=O)CC(C)(C)C)CC1. The molecule has 0 spiro atoms. The molecule has 3 amide bonds. The van der Waals surface area contributed by atoms with Crippen LogP contribution in [0.5, 0.6) is 0 Å². The average molecular weight is 444 g/mol. The van der Waals surface area contributed by atoms with Crippen LogP contribution in [0.15, 0.2) is 42.5 Å². The summed E-state index contributed by atoms with van der Waals surface area (Å²) in [6.07, 6.45) is 2.00. The molecular weight excluding hydrogens is 412 g/mol. The van der Waals surface area contributed by atoms with Crippen molar-refractivity contribution in [3.63, 3.8) is 0 Å². The van der Waals surface area contributed by atoms with Crippen LogP contribution in [-0.4, -0.2) is 47.9 Å². The zero-order valence-corrected chi connectivity index (χ0v) is 19.1. The molecule has 0 atom stereocenters. The van der Waals surface area contributed by atoms with Crippen LogP contribution in [0.1, 0.15) is 40.0 Å². The van der Waals surface area contributed by atoms with Crippen molar-refractivity contribution in [3.05, 3.63) is 54.1 Å². The number of piperidine rings is 1. The van der Waals surface area contributed by atoms with Gasteiger partial charge in [0.15, 0.2) is 0 Å². The highest BCUT2D eigenvalue weighted by Crippen LogP contribution is 2.25. The average Bonchev–Trinajstić information content (AvgIpc) is 2.72. The summed E-state index contributed by atoms with van der Waals surface area (Å²) < 4.78 is 26.9. The number of amides is 3. The zero-order valence-electron chi connectivity index (χ0n) is 19.1. The number of nitrogens with zero attached hydrogens (tertiary/aromatic N) is 2. The van der Waals surface area contributed by atoms with Crippen LogP contribution in [0, 0.1) is 17.0 Å². The molecule has 0 bridgehead atoms. The fraction of sp³-hybridized carbons (Fsp3) is 0.440. The molecule has 7 heteroatoms. The van der Waals surface area contributed by atoms with Crippen LogP contribution >= 0.6 is 0 Å². The highest BCUT2D eigenvalue weighted by atomic mass is 19.1. The summed E-state index contributed by atoms with van der Waals surface area (Å²) in [4.78, 5) is 28.7. The number of carbonyl (C=O) groups excluding carboxylic acids is 2. The van der Waals surface area contributed by atoms with Gasteiger partial charge in [-0.3, -0.25) is 4.79 Å². The molecule has 172 valence electrons. The fourth-order valence-corrected chi connectivity index (χ4v) is 3.91. The molecule has 5 nitrogen and oxygen atoms in total. The lowest BCUT2D eigenvalue weighted by molar-refractivity contribution is -0.134. The minimum absolute atomic E-state index is 0.0387. The van der Waals surface area contributed by atoms with Crippen LogP contribution < -0.4 is 5.32 Å². The highest BCUT2D eigenvalue weighted by molar-refractivity contribution is 5.89. The van der Waals surface area contributed by atoms with Crippen molar-refractivity contribution in [2.75, 3.05) is 25.5 Å². The van der Waals surface area contributed by atoms with Gasteiger partial charge in [0.05, 0.1) is 0 Å². The van der Waals surface area contributed by atoms with E-state index in [2.05, 4.69) is 26.1 Å². The number of halogens is 2. The number of hydrogen-bond acceptors (Lipinski definition) is 2. The lowest BCUT2D eigenvalue weighted by atomic mass is 9.91. The van der Waals surface area contributed by atoms with E-state index in [1.807, 2.05) is 4.90 Å². The molecule has 1 N–H and O–H groups in total. The Morgan fingerprint density at radius 1 is 1.00 bits per heavy atom.